The number of aromatic nitrogens is 1. The van der Waals surface area contributed by atoms with E-state index in [4.69, 9.17) is 33.7 Å². The third-order valence-electron chi connectivity index (χ3n) is 2.12. The summed E-state index contributed by atoms with van der Waals surface area (Å²) in [6, 6.07) is 8.62. The highest BCUT2D eigenvalue weighted by Gasteiger charge is 2.02. The molecule has 0 aliphatic rings. The molecule has 0 spiro atoms. The van der Waals surface area contributed by atoms with Gasteiger partial charge in [-0.3, -0.25) is 4.98 Å². The SMILES string of the molecule is NCc1cc(Oc2ccc(Cl)c(Cl)c2)ccn1. The monoisotopic (exact) mass is 268 g/mol. The lowest BCUT2D eigenvalue weighted by molar-refractivity contribution is 0.481. The van der Waals surface area contributed by atoms with Gasteiger partial charge < -0.3 is 10.5 Å². The van der Waals surface area contributed by atoms with Gasteiger partial charge in [-0.2, -0.15) is 0 Å². The fraction of sp³-hybridized carbons (Fsp3) is 0.0833. The number of nitrogens with zero attached hydrogens (tertiary/aromatic N) is 1. The molecule has 1 heterocycles. The maximum atomic E-state index is 5.89. The molecule has 2 aromatic rings. The normalized spacial score (nSPS) is 10.3. The summed E-state index contributed by atoms with van der Waals surface area (Å²) in [4.78, 5) is 4.08. The Hall–Kier alpha value is -1.29. The molecule has 3 nitrogen and oxygen atoms in total. The number of benzene rings is 1. The van der Waals surface area contributed by atoms with Gasteiger partial charge in [0.15, 0.2) is 0 Å². The highest BCUT2D eigenvalue weighted by atomic mass is 35.5. The van der Waals surface area contributed by atoms with Crippen LogP contribution in [0.15, 0.2) is 36.5 Å². The third-order valence-corrected chi connectivity index (χ3v) is 2.86. The molecule has 0 aliphatic heterocycles. The van der Waals surface area contributed by atoms with Crippen LogP contribution in [-0.4, -0.2) is 4.98 Å². The second-order valence-electron chi connectivity index (χ2n) is 3.36. The molecule has 0 radical (unpaired) electrons. The lowest BCUT2D eigenvalue weighted by Gasteiger charge is -2.07. The number of halogens is 2. The summed E-state index contributed by atoms with van der Waals surface area (Å²) >= 11 is 11.7. The molecule has 0 saturated heterocycles. The number of ether oxygens (including phenoxy) is 1. The fourth-order valence-corrected chi connectivity index (χ4v) is 1.60. The van der Waals surface area contributed by atoms with Crippen LogP contribution in [0.2, 0.25) is 10.0 Å². The number of hydrogen-bond acceptors (Lipinski definition) is 3. The van der Waals surface area contributed by atoms with Gasteiger partial charge >= 0.3 is 0 Å². The zero-order valence-electron chi connectivity index (χ0n) is 8.86. The molecule has 1 aromatic carbocycles. The van der Waals surface area contributed by atoms with Crippen molar-refractivity contribution in [1.82, 2.24) is 4.98 Å². The van der Waals surface area contributed by atoms with Crippen molar-refractivity contribution in [2.45, 2.75) is 6.54 Å². The minimum Gasteiger partial charge on any atom is -0.457 e. The Kier molecular flexibility index (Phi) is 3.84. The summed E-state index contributed by atoms with van der Waals surface area (Å²) in [6.07, 6.45) is 1.65. The van der Waals surface area contributed by atoms with Crippen molar-refractivity contribution in [3.8, 4) is 11.5 Å². The molecule has 1 aromatic heterocycles. The average Bonchev–Trinajstić information content (AvgIpc) is 2.34. The van der Waals surface area contributed by atoms with Crippen molar-refractivity contribution >= 4 is 23.2 Å². The van der Waals surface area contributed by atoms with Gasteiger partial charge in [0.05, 0.1) is 15.7 Å². The molecule has 0 saturated carbocycles. The Balaban J connectivity index is 2.22. The topological polar surface area (TPSA) is 48.1 Å². The minimum absolute atomic E-state index is 0.374. The number of rotatable bonds is 3. The molecule has 5 heteroatoms. The first-order valence-electron chi connectivity index (χ1n) is 4.97. The molecular weight excluding hydrogens is 259 g/mol. The highest BCUT2D eigenvalue weighted by Crippen LogP contribution is 2.29. The van der Waals surface area contributed by atoms with Crippen LogP contribution in [0.4, 0.5) is 0 Å². The van der Waals surface area contributed by atoms with Gasteiger partial charge in [-0.15, -0.1) is 0 Å². The molecule has 0 bridgehead atoms. The lowest BCUT2D eigenvalue weighted by atomic mass is 10.3. The van der Waals surface area contributed by atoms with Gasteiger partial charge in [-0.1, -0.05) is 23.2 Å². The van der Waals surface area contributed by atoms with E-state index in [0.29, 0.717) is 28.1 Å². The van der Waals surface area contributed by atoms with Gasteiger partial charge in [-0.05, 0) is 18.2 Å². The third kappa shape index (κ3) is 3.09. The van der Waals surface area contributed by atoms with Crippen LogP contribution in [0.5, 0.6) is 11.5 Å². The summed E-state index contributed by atoms with van der Waals surface area (Å²) in [5, 5.41) is 0.952. The molecule has 0 atom stereocenters. The van der Waals surface area contributed by atoms with Crippen LogP contribution < -0.4 is 10.5 Å². The van der Waals surface area contributed by atoms with Crippen molar-refractivity contribution in [1.29, 1.82) is 0 Å². The Morgan fingerprint density at radius 2 is 1.82 bits per heavy atom. The molecule has 17 heavy (non-hydrogen) atoms. The van der Waals surface area contributed by atoms with E-state index in [1.54, 1.807) is 36.5 Å². The smallest absolute Gasteiger partial charge is 0.130 e. The van der Waals surface area contributed by atoms with E-state index in [0.717, 1.165) is 5.69 Å². The van der Waals surface area contributed by atoms with E-state index >= 15 is 0 Å². The predicted octanol–water partition coefficient (Wildman–Crippen LogP) is 3.64. The molecule has 0 unspecified atom stereocenters. The van der Waals surface area contributed by atoms with Crippen LogP contribution in [0.1, 0.15) is 5.69 Å². The van der Waals surface area contributed by atoms with Gasteiger partial charge in [0.1, 0.15) is 11.5 Å². The molecular formula is C12H10Cl2N2O. The van der Waals surface area contributed by atoms with Crippen LogP contribution in [0.3, 0.4) is 0 Å². The van der Waals surface area contributed by atoms with Crippen molar-refractivity contribution < 1.29 is 4.74 Å². The van der Waals surface area contributed by atoms with Crippen molar-refractivity contribution in [3.63, 3.8) is 0 Å². The maximum absolute atomic E-state index is 5.89. The van der Waals surface area contributed by atoms with E-state index in [1.807, 2.05) is 0 Å². The zero-order chi connectivity index (χ0) is 12.3. The second-order valence-corrected chi connectivity index (χ2v) is 4.18. The van der Waals surface area contributed by atoms with Crippen LogP contribution >= 0.6 is 23.2 Å². The van der Waals surface area contributed by atoms with Crippen molar-refractivity contribution in [3.05, 3.63) is 52.3 Å². The van der Waals surface area contributed by atoms with Crippen LogP contribution in [0, 0.1) is 0 Å². The minimum atomic E-state index is 0.374. The molecule has 0 amide bonds. The quantitative estimate of drug-likeness (QED) is 0.925. The molecule has 0 aliphatic carbocycles. The standard InChI is InChI=1S/C12H10Cl2N2O/c13-11-2-1-9(6-12(11)14)17-10-3-4-16-8(5-10)7-15/h1-6H,7,15H2. The average molecular weight is 269 g/mol. The summed E-state index contributed by atoms with van der Waals surface area (Å²) in [5.74, 6) is 1.28. The van der Waals surface area contributed by atoms with Crippen molar-refractivity contribution in [2.75, 3.05) is 0 Å². The molecule has 2 rings (SSSR count). The second kappa shape index (κ2) is 5.36. The van der Waals surface area contributed by atoms with E-state index < -0.39 is 0 Å². The van der Waals surface area contributed by atoms with E-state index in [1.165, 1.54) is 0 Å². The number of pyridine rings is 1. The summed E-state index contributed by atoms with van der Waals surface area (Å²) in [6.45, 7) is 0.374. The summed E-state index contributed by atoms with van der Waals surface area (Å²) in [5.41, 5.74) is 6.27. The molecule has 0 fully saturated rings. The Morgan fingerprint density at radius 3 is 2.53 bits per heavy atom. The van der Waals surface area contributed by atoms with Gasteiger partial charge in [0, 0.05) is 24.9 Å². The highest BCUT2D eigenvalue weighted by molar-refractivity contribution is 6.42. The summed E-state index contributed by atoms with van der Waals surface area (Å²) < 4.78 is 5.62. The predicted molar refractivity (Wildman–Crippen MR) is 68.7 cm³/mol. The first-order chi connectivity index (χ1) is 8.19. The Bertz CT molecular complexity index is 532. The zero-order valence-corrected chi connectivity index (χ0v) is 10.4. The Labute approximate surface area is 109 Å². The Morgan fingerprint density at radius 1 is 1.06 bits per heavy atom. The first-order valence-corrected chi connectivity index (χ1v) is 5.72. The van der Waals surface area contributed by atoms with Gasteiger partial charge in [-0.25, -0.2) is 0 Å². The molecule has 2 N–H and O–H groups in total. The first kappa shape index (κ1) is 12.2. The van der Waals surface area contributed by atoms with E-state index in [-0.39, 0.29) is 0 Å². The number of nitrogens with two attached hydrogens (primary N) is 1. The molecule has 88 valence electrons. The van der Waals surface area contributed by atoms with E-state index in [9.17, 15) is 0 Å². The van der Waals surface area contributed by atoms with Crippen molar-refractivity contribution in [2.24, 2.45) is 5.73 Å². The van der Waals surface area contributed by atoms with Gasteiger partial charge in [0.25, 0.3) is 0 Å². The number of hydrogen-bond donors (Lipinski definition) is 1. The lowest BCUT2D eigenvalue weighted by Crippen LogP contribution is -1.99. The largest absolute Gasteiger partial charge is 0.457 e. The summed E-state index contributed by atoms with van der Waals surface area (Å²) in [7, 11) is 0. The maximum Gasteiger partial charge on any atom is 0.130 e. The van der Waals surface area contributed by atoms with Crippen LogP contribution in [-0.2, 0) is 6.54 Å². The van der Waals surface area contributed by atoms with E-state index in [2.05, 4.69) is 4.98 Å². The fourth-order valence-electron chi connectivity index (χ4n) is 1.31. The van der Waals surface area contributed by atoms with Crippen LogP contribution in [0.25, 0.3) is 0 Å². The van der Waals surface area contributed by atoms with Gasteiger partial charge in [0.2, 0.25) is 0 Å².